The first-order chi connectivity index (χ1) is 26.2. The lowest BCUT2D eigenvalue weighted by molar-refractivity contribution is 0.877. The molecule has 2 nitrogen and oxygen atoms in total. The lowest BCUT2D eigenvalue weighted by Crippen LogP contribution is -1.96. The van der Waals surface area contributed by atoms with Crippen molar-refractivity contribution < 1.29 is 0 Å². The van der Waals surface area contributed by atoms with Crippen LogP contribution in [0.1, 0.15) is 25.3 Å². The average molecular weight is 677 g/mol. The Hall–Kier alpha value is -6.64. The van der Waals surface area contributed by atoms with Gasteiger partial charge in [0.2, 0.25) is 0 Å². The number of benzene rings is 9. The van der Waals surface area contributed by atoms with E-state index in [0.717, 1.165) is 5.69 Å². The van der Waals surface area contributed by atoms with E-state index in [1.807, 2.05) is 0 Å². The molecule has 11 aromatic rings. The summed E-state index contributed by atoms with van der Waals surface area (Å²) >= 11 is 0. The summed E-state index contributed by atoms with van der Waals surface area (Å²) in [7, 11) is 0. The lowest BCUT2D eigenvalue weighted by Gasteiger charge is -2.19. The van der Waals surface area contributed by atoms with Crippen LogP contribution in [0.4, 0.5) is 0 Å². The molecule has 250 valence electrons. The molecule has 0 radical (unpaired) electrons. The second-order valence-electron chi connectivity index (χ2n) is 14.7. The minimum Gasteiger partial charge on any atom is -0.309 e. The van der Waals surface area contributed by atoms with Crippen molar-refractivity contribution in [3.63, 3.8) is 0 Å². The lowest BCUT2D eigenvalue weighted by atomic mass is 9.84. The monoisotopic (exact) mass is 676 g/mol. The van der Waals surface area contributed by atoms with Gasteiger partial charge < -0.3 is 9.13 Å². The maximum absolute atomic E-state index is 2.45. The van der Waals surface area contributed by atoms with Crippen molar-refractivity contribution >= 4 is 75.9 Å². The Labute approximate surface area is 307 Å². The molecule has 0 aliphatic rings. The van der Waals surface area contributed by atoms with E-state index in [1.165, 1.54) is 98.3 Å². The molecule has 0 bridgehead atoms. The minimum absolute atomic E-state index is 0.404. The Morgan fingerprint density at radius 3 is 1.38 bits per heavy atom. The van der Waals surface area contributed by atoms with Gasteiger partial charge in [-0.1, -0.05) is 141 Å². The summed E-state index contributed by atoms with van der Waals surface area (Å²) in [6, 6.07) is 65.0. The SMILES string of the molecule is CC(C)c1ccc(-c2ccc(-n3c4ccccc4c4cc5c6ccccc6n(-c6ccccc6)c5cc43)cc2)c2c3ccccc3c3ccccc3c12. The van der Waals surface area contributed by atoms with E-state index in [2.05, 4.69) is 199 Å². The Morgan fingerprint density at radius 2 is 0.811 bits per heavy atom. The summed E-state index contributed by atoms with van der Waals surface area (Å²) in [6.45, 7) is 4.62. The first-order valence-corrected chi connectivity index (χ1v) is 18.6. The molecule has 0 spiro atoms. The number of fused-ring (bicyclic) bond motifs is 12. The van der Waals surface area contributed by atoms with Gasteiger partial charge in [0, 0.05) is 32.9 Å². The van der Waals surface area contributed by atoms with Gasteiger partial charge in [0.25, 0.3) is 0 Å². The van der Waals surface area contributed by atoms with Crippen molar-refractivity contribution in [2.24, 2.45) is 0 Å². The molecule has 11 rings (SSSR count). The highest BCUT2D eigenvalue weighted by Gasteiger charge is 2.20. The molecule has 2 heteroatoms. The molecule has 9 aromatic carbocycles. The zero-order valence-corrected chi connectivity index (χ0v) is 29.7. The van der Waals surface area contributed by atoms with Gasteiger partial charge in [-0.25, -0.2) is 0 Å². The van der Waals surface area contributed by atoms with Gasteiger partial charge in [-0.05, 0) is 103 Å². The van der Waals surface area contributed by atoms with E-state index in [0.29, 0.717) is 5.92 Å². The quantitative estimate of drug-likeness (QED) is 0.164. The maximum atomic E-state index is 2.45. The summed E-state index contributed by atoms with van der Waals surface area (Å²) in [5.41, 5.74) is 11.1. The molecule has 0 aliphatic heterocycles. The smallest absolute Gasteiger partial charge is 0.0562 e. The van der Waals surface area contributed by atoms with E-state index >= 15 is 0 Å². The first kappa shape index (κ1) is 30.0. The molecule has 2 heterocycles. The fraction of sp³-hybridized carbons (Fsp3) is 0.0588. The fourth-order valence-corrected chi connectivity index (χ4v) is 9.14. The maximum Gasteiger partial charge on any atom is 0.0562 e. The Kier molecular flexibility index (Phi) is 6.48. The van der Waals surface area contributed by atoms with Crippen LogP contribution in [0.5, 0.6) is 0 Å². The summed E-state index contributed by atoms with van der Waals surface area (Å²) in [6.07, 6.45) is 0. The number of aromatic nitrogens is 2. The molecule has 0 unspecified atom stereocenters. The van der Waals surface area contributed by atoms with Gasteiger partial charge in [-0.3, -0.25) is 0 Å². The van der Waals surface area contributed by atoms with Crippen LogP contribution in [-0.2, 0) is 0 Å². The molecule has 0 N–H and O–H groups in total. The molecule has 2 aromatic heterocycles. The molecule has 0 saturated carbocycles. The first-order valence-electron chi connectivity index (χ1n) is 18.6. The molecule has 0 fully saturated rings. The van der Waals surface area contributed by atoms with Gasteiger partial charge in [0.15, 0.2) is 0 Å². The predicted molar refractivity (Wildman–Crippen MR) is 227 cm³/mol. The number of hydrogen-bond acceptors (Lipinski definition) is 0. The normalized spacial score (nSPS) is 12.1. The zero-order valence-electron chi connectivity index (χ0n) is 29.7. The third kappa shape index (κ3) is 4.33. The number of rotatable bonds is 4. The molecular formula is C51H36N2. The van der Waals surface area contributed by atoms with Crippen LogP contribution in [0.3, 0.4) is 0 Å². The molecule has 53 heavy (non-hydrogen) atoms. The van der Waals surface area contributed by atoms with Crippen molar-refractivity contribution in [2.45, 2.75) is 19.8 Å². The number of hydrogen-bond donors (Lipinski definition) is 0. The van der Waals surface area contributed by atoms with Gasteiger partial charge in [0.05, 0.1) is 22.1 Å². The second-order valence-corrected chi connectivity index (χ2v) is 14.7. The summed E-state index contributed by atoms with van der Waals surface area (Å²) in [5.74, 6) is 0.404. The van der Waals surface area contributed by atoms with E-state index < -0.39 is 0 Å². The van der Waals surface area contributed by atoms with Crippen molar-refractivity contribution in [3.05, 3.63) is 181 Å². The van der Waals surface area contributed by atoms with Gasteiger partial charge in [0.1, 0.15) is 0 Å². The largest absolute Gasteiger partial charge is 0.309 e. The van der Waals surface area contributed by atoms with Gasteiger partial charge in [-0.2, -0.15) is 0 Å². The summed E-state index contributed by atoms with van der Waals surface area (Å²) < 4.78 is 4.86. The van der Waals surface area contributed by atoms with Crippen LogP contribution in [0.25, 0.3) is 98.4 Å². The molecule has 0 amide bonds. The predicted octanol–water partition coefficient (Wildman–Crippen LogP) is 14.1. The third-order valence-corrected chi connectivity index (χ3v) is 11.5. The van der Waals surface area contributed by atoms with Crippen molar-refractivity contribution in [3.8, 4) is 22.5 Å². The number of para-hydroxylation sites is 3. The second kappa shape index (κ2) is 11.4. The minimum atomic E-state index is 0.404. The van der Waals surface area contributed by atoms with Crippen molar-refractivity contribution in [1.29, 1.82) is 0 Å². The molecule has 0 aliphatic carbocycles. The average Bonchev–Trinajstić information content (AvgIpc) is 3.72. The summed E-state index contributed by atoms with van der Waals surface area (Å²) in [5, 5.41) is 13.0. The highest BCUT2D eigenvalue weighted by molar-refractivity contribution is 6.29. The van der Waals surface area contributed by atoms with Crippen molar-refractivity contribution in [1.82, 2.24) is 9.13 Å². The van der Waals surface area contributed by atoms with E-state index in [9.17, 15) is 0 Å². The summed E-state index contributed by atoms with van der Waals surface area (Å²) in [4.78, 5) is 0. The van der Waals surface area contributed by atoms with E-state index in [4.69, 9.17) is 0 Å². The zero-order chi connectivity index (χ0) is 35.2. The standard InChI is InChI=1S/C51H36N2/c1-32(2)36-28-29-37(51-43-21-9-7-17-39(43)38-16-6-8-20-42(38)50(36)51)33-24-26-35(27-25-33)53-47-23-13-11-19-41(47)45-30-44-40-18-10-12-22-46(40)52(48(44)31-49(45)53)34-14-4-3-5-15-34/h3-32H,1-2H3. The van der Waals surface area contributed by atoms with Crippen LogP contribution in [0, 0.1) is 0 Å². The van der Waals surface area contributed by atoms with Crippen LogP contribution >= 0.6 is 0 Å². The Balaban J connectivity index is 1.16. The fourth-order valence-electron chi connectivity index (χ4n) is 9.14. The van der Waals surface area contributed by atoms with Crippen LogP contribution < -0.4 is 0 Å². The van der Waals surface area contributed by atoms with Crippen molar-refractivity contribution in [2.75, 3.05) is 0 Å². The Bertz CT molecular complexity index is 3230. The van der Waals surface area contributed by atoms with Crippen LogP contribution in [0.15, 0.2) is 176 Å². The highest BCUT2D eigenvalue weighted by Crippen LogP contribution is 2.44. The van der Waals surface area contributed by atoms with E-state index in [1.54, 1.807) is 0 Å². The topological polar surface area (TPSA) is 9.86 Å². The van der Waals surface area contributed by atoms with Crippen LogP contribution in [-0.4, -0.2) is 9.13 Å². The van der Waals surface area contributed by atoms with Gasteiger partial charge in [-0.15, -0.1) is 0 Å². The molecule has 0 atom stereocenters. The van der Waals surface area contributed by atoms with Gasteiger partial charge >= 0.3 is 0 Å². The highest BCUT2D eigenvalue weighted by atomic mass is 15.0. The van der Waals surface area contributed by atoms with Crippen LogP contribution in [0.2, 0.25) is 0 Å². The number of nitrogens with zero attached hydrogens (tertiary/aromatic N) is 2. The third-order valence-electron chi connectivity index (χ3n) is 11.5. The molecule has 0 saturated heterocycles. The van der Waals surface area contributed by atoms with E-state index in [-0.39, 0.29) is 0 Å². The molecular weight excluding hydrogens is 641 g/mol. The Morgan fingerprint density at radius 1 is 0.340 bits per heavy atom.